The number of fused-ring (bicyclic) bond motifs is 1. The summed E-state index contributed by atoms with van der Waals surface area (Å²) >= 11 is 1.20. The van der Waals surface area contributed by atoms with Crippen molar-refractivity contribution in [2.75, 3.05) is 13.2 Å². The van der Waals surface area contributed by atoms with Gasteiger partial charge in [0.1, 0.15) is 11.5 Å². The summed E-state index contributed by atoms with van der Waals surface area (Å²) in [5, 5.41) is 0. The molecule has 188 valence electrons. The molecule has 0 amide bonds. The van der Waals surface area contributed by atoms with Crippen LogP contribution >= 0.6 is 11.3 Å². The fourth-order valence-corrected chi connectivity index (χ4v) is 5.00. The smallest absolute Gasteiger partial charge is 0.338 e. The van der Waals surface area contributed by atoms with Gasteiger partial charge in [0, 0.05) is 13.0 Å². The van der Waals surface area contributed by atoms with Crippen molar-refractivity contribution in [1.29, 1.82) is 0 Å². The Morgan fingerprint density at radius 3 is 2.56 bits per heavy atom. The quantitative estimate of drug-likeness (QED) is 0.355. The maximum absolute atomic E-state index is 13.6. The van der Waals surface area contributed by atoms with E-state index in [-0.39, 0.29) is 23.5 Å². The Bertz CT molecular complexity index is 1540. The summed E-state index contributed by atoms with van der Waals surface area (Å²) in [7, 11) is 0. The van der Waals surface area contributed by atoms with Crippen LogP contribution in [0.25, 0.3) is 6.08 Å². The molecule has 1 unspecified atom stereocenters. The van der Waals surface area contributed by atoms with Crippen molar-refractivity contribution in [2.24, 2.45) is 4.99 Å². The number of carbonyl (C=O) groups is 2. The van der Waals surface area contributed by atoms with Gasteiger partial charge in [0.25, 0.3) is 5.56 Å². The van der Waals surface area contributed by atoms with Crippen molar-refractivity contribution in [2.45, 2.75) is 40.7 Å². The summed E-state index contributed by atoms with van der Waals surface area (Å²) in [4.78, 5) is 43.2. The second-order valence-electron chi connectivity index (χ2n) is 7.98. The predicted molar refractivity (Wildman–Crippen MR) is 133 cm³/mol. The molecule has 0 N–H and O–H groups in total. The van der Waals surface area contributed by atoms with E-state index in [1.807, 2.05) is 13.0 Å². The number of esters is 2. The van der Waals surface area contributed by atoms with Gasteiger partial charge in [-0.25, -0.2) is 9.79 Å². The molecule has 0 spiro atoms. The fraction of sp³-hybridized carbons (Fsp3) is 0.308. The van der Waals surface area contributed by atoms with Crippen LogP contribution in [0.3, 0.4) is 0 Å². The molecule has 0 radical (unpaired) electrons. The van der Waals surface area contributed by atoms with Crippen molar-refractivity contribution in [1.82, 2.24) is 4.57 Å². The molecule has 4 rings (SSSR count). The van der Waals surface area contributed by atoms with Crippen LogP contribution in [0.1, 0.15) is 50.8 Å². The molecule has 0 bridgehead atoms. The first-order valence-corrected chi connectivity index (χ1v) is 12.3. The zero-order valence-corrected chi connectivity index (χ0v) is 21.4. The zero-order chi connectivity index (χ0) is 26.0. The summed E-state index contributed by atoms with van der Waals surface area (Å²) in [6.45, 7) is 8.84. The average molecular weight is 511 g/mol. The fourth-order valence-electron chi connectivity index (χ4n) is 3.97. The van der Waals surface area contributed by atoms with Crippen molar-refractivity contribution in [3.05, 3.63) is 78.4 Å². The van der Waals surface area contributed by atoms with E-state index in [0.29, 0.717) is 38.7 Å². The van der Waals surface area contributed by atoms with Gasteiger partial charge in [0.2, 0.25) is 0 Å². The molecule has 1 aromatic carbocycles. The van der Waals surface area contributed by atoms with E-state index in [1.54, 1.807) is 51.1 Å². The number of rotatable bonds is 7. The Labute approximate surface area is 210 Å². The van der Waals surface area contributed by atoms with Gasteiger partial charge < -0.3 is 18.6 Å². The molecular weight excluding hydrogens is 484 g/mol. The molecule has 0 saturated heterocycles. The number of thiazole rings is 1. The lowest BCUT2D eigenvalue weighted by Crippen LogP contribution is -2.40. The highest BCUT2D eigenvalue weighted by molar-refractivity contribution is 7.07. The summed E-state index contributed by atoms with van der Waals surface area (Å²) < 4.78 is 23.8. The second kappa shape index (κ2) is 10.4. The van der Waals surface area contributed by atoms with E-state index in [4.69, 9.17) is 18.6 Å². The molecule has 1 aliphatic rings. The highest BCUT2D eigenvalue weighted by Gasteiger charge is 2.34. The van der Waals surface area contributed by atoms with Crippen molar-refractivity contribution >= 4 is 29.4 Å². The van der Waals surface area contributed by atoms with Crippen LogP contribution in [0.5, 0.6) is 11.5 Å². The van der Waals surface area contributed by atoms with Gasteiger partial charge in [-0.1, -0.05) is 17.4 Å². The molecule has 1 aliphatic heterocycles. The monoisotopic (exact) mass is 510 g/mol. The molecule has 0 fully saturated rings. The van der Waals surface area contributed by atoms with Gasteiger partial charge >= 0.3 is 11.9 Å². The van der Waals surface area contributed by atoms with Crippen LogP contribution in [0.15, 0.2) is 55.8 Å². The standard InChI is InChI=1S/C26H26N2O7S/c1-6-32-20-12-17(9-11-19(20)35-16(5)29)23-22(25(31)33-7-2)15(4)27-26-28(23)24(30)21(36-26)13-18-10-8-14(3)34-18/h8-13,23H,6-7H2,1-5H3. The van der Waals surface area contributed by atoms with Crippen LogP contribution in [0.4, 0.5) is 0 Å². The summed E-state index contributed by atoms with van der Waals surface area (Å²) in [5.41, 5.74) is 0.941. The molecule has 1 atom stereocenters. The van der Waals surface area contributed by atoms with E-state index < -0.39 is 18.0 Å². The second-order valence-corrected chi connectivity index (χ2v) is 8.99. The number of allylic oxidation sites excluding steroid dienone is 1. The minimum atomic E-state index is -0.827. The zero-order valence-electron chi connectivity index (χ0n) is 20.6. The lowest BCUT2D eigenvalue weighted by molar-refractivity contribution is -0.139. The van der Waals surface area contributed by atoms with Gasteiger partial charge in [-0.2, -0.15) is 0 Å². The minimum Gasteiger partial charge on any atom is -0.490 e. The molecule has 0 aliphatic carbocycles. The Balaban J connectivity index is 1.95. The number of aromatic nitrogens is 1. The van der Waals surface area contributed by atoms with Crippen molar-refractivity contribution in [3.8, 4) is 11.5 Å². The van der Waals surface area contributed by atoms with Crippen LogP contribution in [0, 0.1) is 6.92 Å². The third-order valence-corrected chi connectivity index (χ3v) is 6.37. The maximum atomic E-state index is 13.6. The van der Waals surface area contributed by atoms with Crippen LogP contribution in [-0.4, -0.2) is 29.7 Å². The summed E-state index contributed by atoms with van der Waals surface area (Å²) in [6, 6.07) is 7.71. The molecule has 36 heavy (non-hydrogen) atoms. The highest BCUT2D eigenvalue weighted by Crippen LogP contribution is 2.36. The summed E-state index contributed by atoms with van der Waals surface area (Å²) in [6.07, 6.45) is 1.66. The maximum Gasteiger partial charge on any atom is 0.338 e. The number of furan rings is 1. The SMILES string of the molecule is CCOC(=O)C1=C(C)N=c2sc(=Cc3ccc(C)o3)c(=O)n2C1c1ccc(OC(C)=O)c(OCC)c1. The minimum absolute atomic E-state index is 0.167. The highest BCUT2D eigenvalue weighted by atomic mass is 32.1. The molecular formula is C26H26N2O7S. The number of ether oxygens (including phenoxy) is 3. The topological polar surface area (TPSA) is 109 Å². The van der Waals surface area contributed by atoms with Crippen LogP contribution in [-0.2, 0) is 14.3 Å². The number of benzene rings is 1. The van der Waals surface area contributed by atoms with Gasteiger partial charge in [0.05, 0.1) is 35.1 Å². The van der Waals surface area contributed by atoms with Crippen LogP contribution < -0.4 is 24.4 Å². The number of hydrogen-bond acceptors (Lipinski definition) is 9. The Morgan fingerprint density at radius 1 is 1.14 bits per heavy atom. The molecule has 2 aromatic heterocycles. The Morgan fingerprint density at radius 2 is 1.92 bits per heavy atom. The van der Waals surface area contributed by atoms with Crippen molar-refractivity contribution < 1.29 is 28.2 Å². The van der Waals surface area contributed by atoms with E-state index in [2.05, 4.69) is 4.99 Å². The Hall–Kier alpha value is -3.92. The van der Waals surface area contributed by atoms with Gasteiger partial charge in [-0.15, -0.1) is 0 Å². The van der Waals surface area contributed by atoms with Crippen LogP contribution in [0.2, 0.25) is 0 Å². The number of hydrogen-bond donors (Lipinski definition) is 0. The lowest BCUT2D eigenvalue weighted by Gasteiger charge is -2.25. The van der Waals surface area contributed by atoms with E-state index in [1.165, 1.54) is 22.8 Å². The molecule has 3 heterocycles. The Kier molecular flexibility index (Phi) is 7.25. The molecule has 10 heteroatoms. The van der Waals surface area contributed by atoms with Gasteiger partial charge in [-0.3, -0.25) is 14.2 Å². The van der Waals surface area contributed by atoms with Gasteiger partial charge in [0.15, 0.2) is 16.3 Å². The van der Waals surface area contributed by atoms with Crippen molar-refractivity contribution in [3.63, 3.8) is 0 Å². The number of carbonyl (C=O) groups excluding carboxylic acids is 2. The number of aryl methyl sites for hydroxylation is 1. The third kappa shape index (κ3) is 4.90. The first-order chi connectivity index (χ1) is 17.2. The third-order valence-electron chi connectivity index (χ3n) is 5.39. The molecule has 0 saturated carbocycles. The normalized spacial score (nSPS) is 15.4. The predicted octanol–water partition coefficient (Wildman–Crippen LogP) is 3.02. The first kappa shape index (κ1) is 25.2. The van der Waals surface area contributed by atoms with Gasteiger partial charge in [-0.05, 0) is 57.5 Å². The largest absolute Gasteiger partial charge is 0.490 e. The summed E-state index contributed by atoms with van der Waals surface area (Å²) in [5.74, 6) is 0.765. The molecule has 3 aromatic rings. The first-order valence-electron chi connectivity index (χ1n) is 11.4. The molecule has 9 nitrogen and oxygen atoms in total. The number of nitrogens with zero attached hydrogens (tertiary/aromatic N) is 2. The van der Waals surface area contributed by atoms with E-state index >= 15 is 0 Å². The van der Waals surface area contributed by atoms with E-state index in [9.17, 15) is 14.4 Å². The average Bonchev–Trinajstić information content (AvgIpc) is 3.36. The van der Waals surface area contributed by atoms with E-state index in [0.717, 1.165) is 5.76 Å². The lowest BCUT2D eigenvalue weighted by atomic mass is 9.95.